The summed E-state index contributed by atoms with van der Waals surface area (Å²) in [6, 6.07) is 14.9. The van der Waals surface area contributed by atoms with Crippen molar-refractivity contribution in [2.75, 3.05) is 11.9 Å². The molecule has 4 rings (SSSR count). The van der Waals surface area contributed by atoms with Gasteiger partial charge in [-0.1, -0.05) is 42.0 Å². The molecule has 0 radical (unpaired) electrons. The van der Waals surface area contributed by atoms with Crippen LogP contribution >= 0.6 is 0 Å². The molecular weight excluding hydrogens is 301 g/mol. The minimum Gasteiger partial charge on any atom is -0.369 e. The topological polar surface area (TPSA) is 37.8 Å². The summed E-state index contributed by atoms with van der Waals surface area (Å²) in [5.74, 6) is 0.542. The summed E-state index contributed by atoms with van der Waals surface area (Å²) in [4.78, 5) is 9.57. The predicted octanol–water partition coefficient (Wildman–Crippen LogP) is 4.62. The van der Waals surface area contributed by atoms with Crippen molar-refractivity contribution in [2.45, 2.75) is 19.8 Å². The molecule has 0 bridgehead atoms. The van der Waals surface area contributed by atoms with E-state index in [1.165, 1.54) is 11.6 Å². The van der Waals surface area contributed by atoms with E-state index in [2.05, 4.69) is 5.32 Å². The number of halogens is 1. The number of rotatable bonds is 2. The van der Waals surface area contributed by atoms with Crippen LogP contribution < -0.4 is 5.32 Å². The van der Waals surface area contributed by atoms with Crippen LogP contribution in [0.4, 0.5) is 10.2 Å². The normalized spacial score (nSPS) is 13.2. The highest BCUT2D eigenvalue weighted by Gasteiger charge is 2.20. The van der Waals surface area contributed by atoms with Gasteiger partial charge >= 0.3 is 0 Å². The molecule has 3 nitrogen and oxygen atoms in total. The van der Waals surface area contributed by atoms with Gasteiger partial charge in [-0.25, -0.2) is 14.4 Å². The van der Waals surface area contributed by atoms with E-state index in [0.29, 0.717) is 17.0 Å². The fourth-order valence-corrected chi connectivity index (χ4v) is 3.00. The monoisotopic (exact) mass is 319 g/mol. The molecule has 0 fully saturated rings. The van der Waals surface area contributed by atoms with Crippen molar-refractivity contribution in [2.24, 2.45) is 0 Å². The largest absolute Gasteiger partial charge is 0.369 e. The van der Waals surface area contributed by atoms with Crippen LogP contribution in [0.25, 0.3) is 22.5 Å². The molecule has 0 saturated carbocycles. The lowest BCUT2D eigenvalue weighted by Gasteiger charge is -2.19. The van der Waals surface area contributed by atoms with Crippen LogP contribution in [0.1, 0.15) is 17.7 Å². The fraction of sp³-hybridized carbons (Fsp3) is 0.200. The number of aryl methyl sites for hydroxylation is 2. The van der Waals surface area contributed by atoms with E-state index >= 15 is 0 Å². The number of nitrogens with zero attached hydrogens (tertiary/aromatic N) is 2. The van der Waals surface area contributed by atoms with Gasteiger partial charge in [-0.2, -0.15) is 0 Å². The summed E-state index contributed by atoms with van der Waals surface area (Å²) in [7, 11) is 0. The lowest BCUT2D eigenvalue weighted by molar-refractivity contribution is 0.630. The maximum atomic E-state index is 14.4. The summed E-state index contributed by atoms with van der Waals surface area (Å²) in [6.45, 7) is 2.94. The number of hydrogen-bond donors (Lipinski definition) is 1. The number of nitrogens with one attached hydrogen (secondary N) is 1. The fourth-order valence-electron chi connectivity index (χ4n) is 3.00. The first kappa shape index (κ1) is 14.8. The van der Waals surface area contributed by atoms with Crippen molar-refractivity contribution in [3.8, 4) is 22.5 Å². The molecule has 120 valence electrons. The van der Waals surface area contributed by atoms with Gasteiger partial charge in [0.2, 0.25) is 0 Å². The Balaban J connectivity index is 1.96. The first-order valence-electron chi connectivity index (χ1n) is 8.19. The molecule has 0 saturated heterocycles. The lowest BCUT2D eigenvalue weighted by atomic mass is 10.0. The number of fused-ring (bicyclic) bond motifs is 1. The first-order chi connectivity index (χ1) is 11.7. The maximum Gasteiger partial charge on any atom is 0.148 e. The first-order valence-corrected chi connectivity index (χ1v) is 8.19. The zero-order valence-electron chi connectivity index (χ0n) is 13.5. The molecule has 0 amide bonds. The highest BCUT2D eigenvalue weighted by molar-refractivity contribution is 5.79. The zero-order valence-corrected chi connectivity index (χ0v) is 13.5. The Morgan fingerprint density at radius 1 is 0.958 bits per heavy atom. The van der Waals surface area contributed by atoms with Crippen LogP contribution in [0, 0.1) is 12.7 Å². The molecule has 1 aromatic heterocycles. The van der Waals surface area contributed by atoms with Crippen molar-refractivity contribution >= 4 is 5.82 Å². The van der Waals surface area contributed by atoms with Gasteiger partial charge in [0.15, 0.2) is 0 Å². The molecule has 1 aliphatic heterocycles. The van der Waals surface area contributed by atoms with E-state index in [-0.39, 0.29) is 5.82 Å². The summed E-state index contributed by atoms with van der Waals surface area (Å²) in [6.07, 6.45) is 1.88. The van der Waals surface area contributed by atoms with Gasteiger partial charge in [-0.15, -0.1) is 0 Å². The smallest absolute Gasteiger partial charge is 0.148 e. The van der Waals surface area contributed by atoms with Crippen molar-refractivity contribution < 1.29 is 4.39 Å². The van der Waals surface area contributed by atoms with E-state index in [1.54, 1.807) is 12.1 Å². The zero-order chi connectivity index (χ0) is 16.5. The summed E-state index contributed by atoms with van der Waals surface area (Å²) < 4.78 is 14.4. The Kier molecular flexibility index (Phi) is 3.73. The molecule has 2 heterocycles. The third-order valence-electron chi connectivity index (χ3n) is 4.30. The van der Waals surface area contributed by atoms with Crippen LogP contribution in [0.3, 0.4) is 0 Å². The molecule has 24 heavy (non-hydrogen) atoms. The van der Waals surface area contributed by atoms with Crippen molar-refractivity contribution in [1.82, 2.24) is 9.97 Å². The average Bonchev–Trinajstić information content (AvgIpc) is 2.62. The number of aromatic nitrogens is 2. The van der Waals surface area contributed by atoms with Gasteiger partial charge in [-0.05, 0) is 31.9 Å². The summed E-state index contributed by atoms with van der Waals surface area (Å²) in [5, 5.41) is 3.31. The number of benzene rings is 2. The quantitative estimate of drug-likeness (QED) is 0.749. The average molecular weight is 319 g/mol. The second-order valence-corrected chi connectivity index (χ2v) is 6.09. The minimum atomic E-state index is -0.274. The summed E-state index contributed by atoms with van der Waals surface area (Å²) in [5.41, 5.74) is 4.86. The van der Waals surface area contributed by atoms with Crippen LogP contribution in [-0.4, -0.2) is 16.5 Å². The Morgan fingerprint density at radius 2 is 1.75 bits per heavy atom. The highest BCUT2D eigenvalue weighted by Crippen LogP contribution is 2.34. The Bertz CT molecular complexity index is 888. The lowest BCUT2D eigenvalue weighted by Crippen LogP contribution is -2.16. The maximum absolute atomic E-state index is 14.4. The predicted molar refractivity (Wildman–Crippen MR) is 94.4 cm³/mol. The van der Waals surface area contributed by atoms with Crippen molar-refractivity contribution in [3.05, 3.63) is 65.6 Å². The molecule has 1 aliphatic rings. The molecule has 0 aliphatic carbocycles. The van der Waals surface area contributed by atoms with E-state index in [0.717, 1.165) is 36.5 Å². The Morgan fingerprint density at radius 3 is 2.54 bits per heavy atom. The molecule has 0 spiro atoms. The van der Waals surface area contributed by atoms with Crippen molar-refractivity contribution in [3.63, 3.8) is 0 Å². The molecule has 0 atom stereocenters. The van der Waals surface area contributed by atoms with E-state index < -0.39 is 0 Å². The molecule has 0 unspecified atom stereocenters. The van der Waals surface area contributed by atoms with E-state index in [4.69, 9.17) is 9.97 Å². The van der Waals surface area contributed by atoms with Gasteiger partial charge in [0.25, 0.3) is 0 Å². The highest BCUT2D eigenvalue weighted by atomic mass is 19.1. The number of hydrogen-bond acceptors (Lipinski definition) is 3. The van der Waals surface area contributed by atoms with Crippen LogP contribution in [0.5, 0.6) is 0 Å². The number of anilines is 1. The van der Waals surface area contributed by atoms with Gasteiger partial charge in [0.1, 0.15) is 11.6 Å². The molecule has 3 aromatic rings. The Labute approximate surface area is 140 Å². The molecular formula is C20H18FN3. The van der Waals surface area contributed by atoms with Crippen LogP contribution in [0.15, 0.2) is 48.5 Å². The van der Waals surface area contributed by atoms with Gasteiger partial charge < -0.3 is 5.32 Å². The van der Waals surface area contributed by atoms with E-state index in [1.807, 2.05) is 37.3 Å². The Hall–Kier alpha value is -2.75. The van der Waals surface area contributed by atoms with Gasteiger partial charge in [-0.3, -0.25) is 0 Å². The SMILES string of the molecule is Cc1ccc(-c2nc3c(nc2-c2ccccc2F)CCCN3)cc1. The third-order valence-corrected chi connectivity index (χ3v) is 4.30. The molecule has 4 heteroatoms. The summed E-state index contributed by atoms with van der Waals surface area (Å²) >= 11 is 0. The van der Waals surface area contributed by atoms with Crippen LogP contribution in [0.2, 0.25) is 0 Å². The second-order valence-electron chi connectivity index (χ2n) is 6.09. The van der Waals surface area contributed by atoms with Crippen molar-refractivity contribution in [1.29, 1.82) is 0 Å². The van der Waals surface area contributed by atoms with Crippen LogP contribution in [-0.2, 0) is 6.42 Å². The molecule has 2 aromatic carbocycles. The standard InChI is InChI=1S/C20H18FN3/c1-13-8-10-14(11-9-13)18-19(15-5-2-3-6-16(15)21)23-17-7-4-12-22-20(17)24-18/h2-3,5-6,8-11H,4,7,12H2,1H3,(H,22,24). The third kappa shape index (κ3) is 2.64. The minimum absolute atomic E-state index is 0.274. The van der Waals surface area contributed by atoms with E-state index in [9.17, 15) is 4.39 Å². The molecule has 1 N–H and O–H groups in total. The van der Waals surface area contributed by atoms with Gasteiger partial charge in [0.05, 0.1) is 17.1 Å². The van der Waals surface area contributed by atoms with Gasteiger partial charge in [0, 0.05) is 17.7 Å². The second kappa shape index (κ2) is 6.04.